The van der Waals surface area contributed by atoms with E-state index in [1.54, 1.807) is 4.68 Å². The van der Waals surface area contributed by atoms with Crippen LogP contribution in [-0.2, 0) is 13.1 Å². The fraction of sp³-hybridized carbons (Fsp3) is 0.571. The summed E-state index contributed by atoms with van der Waals surface area (Å²) in [4.78, 5) is 0. The molecule has 20 heavy (non-hydrogen) atoms. The first-order chi connectivity index (χ1) is 9.65. The van der Waals surface area contributed by atoms with Crippen molar-refractivity contribution in [2.45, 2.75) is 46.3 Å². The van der Waals surface area contributed by atoms with Gasteiger partial charge in [0.1, 0.15) is 6.67 Å². The molecule has 110 valence electrons. The molecule has 6 heteroatoms. The van der Waals surface area contributed by atoms with Crippen molar-refractivity contribution in [2.75, 3.05) is 12.0 Å². The minimum atomic E-state index is -0.401. The van der Waals surface area contributed by atoms with Crippen LogP contribution in [0.3, 0.4) is 0 Å². The summed E-state index contributed by atoms with van der Waals surface area (Å²) < 4.78 is 16.0. The van der Waals surface area contributed by atoms with Gasteiger partial charge in [0.25, 0.3) is 0 Å². The summed E-state index contributed by atoms with van der Waals surface area (Å²) in [7, 11) is 0. The van der Waals surface area contributed by atoms with Crippen LogP contribution < -0.4 is 5.32 Å². The van der Waals surface area contributed by atoms with Gasteiger partial charge >= 0.3 is 0 Å². The van der Waals surface area contributed by atoms with Crippen molar-refractivity contribution < 1.29 is 4.39 Å². The highest BCUT2D eigenvalue weighted by atomic mass is 19.1. The molecule has 0 spiro atoms. The van der Waals surface area contributed by atoms with Gasteiger partial charge in [-0.05, 0) is 26.3 Å². The zero-order valence-corrected chi connectivity index (χ0v) is 12.3. The standard InChI is InChI=1S/C14H22FN5/c1-4-12(3)20-13(5-7-17-20)9-16-14-11(2)10-19(18-14)8-6-15/h5,7,10,12H,4,6,8-9H2,1-3H3,(H,16,18). The first-order valence-corrected chi connectivity index (χ1v) is 7.02. The Kier molecular flexibility index (Phi) is 4.76. The minimum absolute atomic E-state index is 0.299. The smallest absolute Gasteiger partial charge is 0.151 e. The van der Waals surface area contributed by atoms with Gasteiger partial charge < -0.3 is 5.32 Å². The van der Waals surface area contributed by atoms with E-state index in [4.69, 9.17) is 0 Å². The maximum atomic E-state index is 12.3. The number of hydrogen-bond donors (Lipinski definition) is 1. The van der Waals surface area contributed by atoms with E-state index in [0.717, 1.165) is 23.5 Å². The van der Waals surface area contributed by atoms with Crippen LogP contribution in [0, 0.1) is 6.92 Å². The van der Waals surface area contributed by atoms with E-state index in [2.05, 4.69) is 29.4 Å². The van der Waals surface area contributed by atoms with Crippen molar-refractivity contribution in [3.63, 3.8) is 0 Å². The van der Waals surface area contributed by atoms with Crippen molar-refractivity contribution >= 4 is 5.82 Å². The Morgan fingerprint density at radius 3 is 2.95 bits per heavy atom. The molecule has 0 aliphatic heterocycles. The Hall–Kier alpha value is -1.85. The molecule has 5 nitrogen and oxygen atoms in total. The van der Waals surface area contributed by atoms with Crippen LogP contribution in [0.5, 0.6) is 0 Å². The van der Waals surface area contributed by atoms with Crippen molar-refractivity contribution in [1.82, 2.24) is 19.6 Å². The van der Waals surface area contributed by atoms with Crippen LogP contribution in [0.4, 0.5) is 10.2 Å². The number of halogens is 1. The highest BCUT2D eigenvalue weighted by molar-refractivity contribution is 5.42. The summed E-state index contributed by atoms with van der Waals surface area (Å²) in [6.45, 7) is 6.83. The average Bonchev–Trinajstić information content (AvgIpc) is 3.03. The quantitative estimate of drug-likeness (QED) is 0.847. The predicted molar refractivity (Wildman–Crippen MR) is 77.5 cm³/mol. The molecular formula is C14H22FN5. The van der Waals surface area contributed by atoms with E-state index >= 15 is 0 Å². The van der Waals surface area contributed by atoms with Crippen molar-refractivity contribution in [1.29, 1.82) is 0 Å². The Balaban J connectivity index is 2.03. The second kappa shape index (κ2) is 6.54. The number of alkyl halides is 1. The molecule has 0 aliphatic carbocycles. The maximum Gasteiger partial charge on any atom is 0.151 e. The summed E-state index contributed by atoms with van der Waals surface area (Å²) in [6, 6.07) is 2.39. The van der Waals surface area contributed by atoms with Crippen LogP contribution in [0.2, 0.25) is 0 Å². The number of rotatable bonds is 7. The fourth-order valence-corrected chi connectivity index (χ4v) is 2.12. The molecule has 0 bridgehead atoms. The van der Waals surface area contributed by atoms with E-state index < -0.39 is 6.67 Å². The molecule has 2 rings (SSSR count). The molecule has 2 aromatic rings. The first kappa shape index (κ1) is 14.6. The van der Waals surface area contributed by atoms with Crippen LogP contribution in [0.15, 0.2) is 18.5 Å². The van der Waals surface area contributed by atoms with Crippen LogP contribution in [0.25, 0.3) is 0 Å². The van der Waals surface area contributed by atoms with Crippen LogP contribution in [-0.4, -0.2) is 26.2 Å². The zero-order chi connectivity index (χ0) is 14.5. The van der Waals surface area contributed by atoms with Gasteiger partial charge in [-0.3, -0.25) is 9.36 Å². The van der Waals surface area contributed by atoms with Gasteiger partial charge in [0.2, 0.25) is 0 Å². The number of nitrogens with zero attached hydrogens (tertiary/aromatic N) is 4. The number of anilines is 1. The van der Waals surface area contributed by atoms with E-state index in [1.807, 2.05) is 30.1 Å². The van der Waals surface area contributed by atoms with Crippen molar-refractivity contribution in [3.05, 3.63) is 29.7 Å². The van der Waals surface area contributed by atoms with Crippen LogP contribution >= 0.6 is 0 Å². The second-order valence-corrected chi connectivity index (χ2v) is 4.99. The molecule has 0 aromatic carbocycles. The Morgan fingerprint density at radius 2 is 2.25 bits per heavy atom. The fourth-order valence-electron chi connectivity index (χ4n) is 2.12. The third-order valence-corrected chi connectivity index (χ3v) is 3.46. The topological polar surface area (TPSA) is 47.7 Å². The van der Waals surface area contributed by atoms with Gasteiger partial charge in [-0.15, -0.1) is 0 Å². The second-order valence-electron chi connectivity index (χ2n) is 4.99. The molecule has 0 aliphatic rings. The number of nitrogens with one attached hydrogen (secondary N) is 1. The summed E-state index contributed by atoms with van der Waals surface area (Å²) in [5.74, 6) is 0.801. The monoisotopic (exact) mass is 279 g/mol. The molecule has 2 heterocycles. The Morgan fingerprint density at radius 1 is 1.45 bits per heavy atom. The SMILES string of the molecule is CCC(C)n1nccc1CNc1nn(CCF)cc1C. The number of hydrogen-bond acceptors (Lipinski definition) is 3. The molecule has 0 saturated heterocycles. The molecule has 1 N–H and O–H groups in total. The van der Waals surface area contributed by atoms with Gasteiger partial charge in [-0.2, -0.15) is 10.2 Å². The van der Waals surface area contributed by atoms with Crippen molar-refractivity contribution in [3.8, 4) is 0 Å². The lowest BCUT2D eigenvalue weighted by atomic mass is 10.2. The molecule has 0 radical (unpaired) electrons. The van der Waals surface area contributed by atoms with Gasteiger partial charge in [0.15, 0.2) is 5.82 Å². The van der Waals surface area contributed by atoms with E-state index in [-0.39, 0.29) is 0 Å². The lowest BCUT2D eigenvalue weighted by Gasteiger charge is -2.14. The van der Waals surface area contributed by atoms with Crippen LogP contribution in [0.1, 0.15) is 37.6 Å². The highest BCUT2D eigenvalue weighted by Gasteiger charge is 2.10. The summed E-state index contributed by atoms with van der Waals surface area (Å²) in [5.41, 5.74) is 2.15. The Labute approximate surface area is 118 Å². The molecule has 1 unspecified atom stereocenters. The molecule has 0 saturated carbocycles. The third-order valence-electron chi connectivity index (χ3n) is 3.46. The lowest BCUT2D eigenvalue weighted by molar-refractivity contribution is 0.427. The first-order valence-electron chi connectivity index (χ1n) is 7.02. The van der Waals surface area contributed by atoms with Gasteiger partial charge in [0.05, 0.1) is 18.8 Å². The normalized spacial score (nSPS) is 12.6. The maximum absolute atomic E-state index is 12.3. The molecule has 2 aromatic heterocycles. The van der Waals surface area contributed by atoms with Gasteiger partial charge in [0, 0.05) is 24.0 Å². The number of aromatic nitrogens is 4. The summed E-state index contributed by atoms with van der Waals surface area (Å²) in [5, 5.41) is 12.0. The van der Waals surface area contributed by atoms with E-state index in [1.165, 1.54) is 0 Å². The van der Waals surface area contributed by atoms with Crippen molar-refractivity contribution in [2.24, 2.45) is 0 Å². The molecule has 0 amide bonds. The van der Waals surface area contributed by atoms with Gasteiger partial charge in [-0.25, -0.2) is 4.39 Å². The third kappa shape index (κ3) is 3.18. The van der Waals surface area contributed by atoms with Gasteiger partial charge in [-0.1, -0.05) is 6.92 Å². The largest absolute Gasteiger partial charge is 0.363 e. The summed E-state index contributed by atoms with van der Waals surface area (Å²) >= 11 is 0. The highest BCUT2D eigenvalue weighted by Crippen LogP contribution is 2.16. The average molecular weight is 279 g/mol. The molecular weight excluding hydrogens is 257 g/mol. The molecule has 0 fully saturated rings. The Bertz CT molecular complexity index is 546. The van der Waals surface area contributed by atoms with E-state index in [0.29, 0.717) is 19.1 Å². The van der Waals surface area contributed by atoms with E-state index in [9.17, 15) is 4.39 Å². The minimum Gasteiger partial charge on any atom is -0.363 e. The summed E-state index contributed by atoms with van der Waals surface area (Å²) in [6.07, 6.45) is 4.71. The molecule has 1 atom stereocenters. The predicted octanol–water partition coefficient (Wildman–Crippen LogP) is 2.94. The zero-order valence-electron chi connectivity index (χ0n) is 12.3. The lowest BCUT2D eigenvalue weighted by Crippen LogP contribution is -2.13. The number of aryl methyl sites for hydroxylation is 2.